The lowest BCUT2D eigenvalue weighted by Crippen LogP contribution is -2.45. The van der Waals surface area contributed by atoms with Crippen molar-refractivity contribution >= 4 is 45.1 Å². The van der Waals surface area contributed by atoms with Gasteiger partial charge in [0.15, 0.2) is 23.1 Å². The molecule has 5 rings (SSSR count). The molecule has 0 saturated heterocycles. The van der Waals surface area contributed by atoms with Crippen molar-refractivity contribution in [2.45, 2.75) is 79.2 Å². The maximum Gasteiger partial charge on any atom is 0.305 e. The summed E-state index contributed by atoms with van der Waals surface area (Å²) in [5, 5.41) is 9.93. The number of hydrogen-bond donors (Lipinski definition) is 1. The second-order valence-corrected chi connectivity index (χ2v) is 14.8. The summed E-state index contributed by atoms with van der Waals surface area (Å²) in [6, 6.07) is 11.4. The molecule has 2 aliphatic carbocycles. The van der Waals surface area contributed by atoms with Crippen molar-refractivity contribution < 1.29 is 29.0 Å². The van der Waals surface area contributed by atoms with Crippen LogP contribution in [0.5, 0.6) is 11.5 Å². The van der Waals surface area contributed by atoms with Crippen LogP contribution in [-0.4, -0.2) is 40.7 Å². The third-order valence-electron chi connectivity index (χ3n) is 8.53. The molecule has 3 aliphatic rings. The van der Waals surface area contributed by atoms with Crippen molar-refractivity contribution in [3.05, 3.63) is 79.6 Å². The number of carboxylic acids is 1. The van der Waals surface area contributed by atoms with Crippen molar-refractivity contribution in [1.82, 2.24) is 4.90 Å². The topological polar surface area (TPSA) is 93.1 Å². The molecular formula is C35H39BrClNO6. The summed E-state index contributed by atoms with van der Waals surface area (Å²) >= 11 is 10.4. The third kappa shape index (κ3) is 6.62. The minimum absolute atomic E-state index is 0.0320. The Morgan fingerprint density at radius 2 is 1.52 bits per heavy atom. The SMILES string of the molecule is CCOc1cc(C2C3=C(CC(C)(C)CC3=O)N(CCC(=O)O)C3=C2C(=O)CC(C)(C)C3)cc(Cl)c1OCc1ccc(Br)cc1. The Labute approximate surface area is 272 Å². The van der Waals surface area contributed by atoms with Gasteiger partial charge in [0.25, 0.3) is 0 Å². The van der Waals surface area contributed by atoms with Crippen LogP contribution in [0.25, 0.3) is 0 Å². The molecule has 0 atom stereocenters. The summed E-state index contributed by atoms with van der Waals surface area (Å²) in [7, 11) is 0. The molecule has 0 amide bonds. The van der Waals surface area contributed by atoms with Gasteiger partial charge in [0.05, 0.1) is 18.1 Å². The second-order valence-electron chi connectivity index (χ2n) is 13.5. The number of Topliss-reactive ketones (excluding diaryl/α,β-unsaturated/α-hetero) is 2. The fourth-order valence-electron chi connectivity index (χ4n) is 6.75. The zero-order valence-corrected chi connectivity index (χ0v) is 28.2. The van der Waals surface area contributed by atoms with E-state index >= 15 is 0 Å². The molecule has 234 valence electrons. The largest absolute Gasteiger partial charge is 0.490 e. The average Bonchev–Trinajstić information content (AvgIpc) is 2.90. The number of rotatable bonds is 9. The summed E-state index contributed by atoms with van der Waals surface area (Å²) in [5.41, 5.74) is 3.76. The summed E-state index contributed by atoms with van der Waals surface area (Å²) in [6.07, 6.45) is 1.74. The number of hydrogen-bond acceptors (Lipinski definition) is 6. The van der Waals surface area contributed by atoms with Crippen LogP contribution in [0, 0.1) is 10.8 Å². The van der Waals surface area contributed by atoms with Crippen molar-refractivity contribution in [3.8, 4) is 11.5 Å². The number of nitrogens with zero attached hydrogens (tertiary/aromatic N) is 1. The highest BCUT2D eigenvalue weighted by molar-refractivity contribution is 9.10. The first-order valence-corrected chi connectivity index (χ1v) is 16.2. The highest BCUT2D eigenvalue weighted by Gasteiger charge is 2.49. The molecule has 0 aromatic heterocycles. The lowest BCUT2D eigenvalue weighted by atomic mass is 9.63. The molecule has 0 radical (unpaired) electrons. The Kier molecular flexibility index (Phi) is 9.07. The molecule has 0 saturated carbocycles. The van der Waals surface area contributed by atoms with Crippen LogP contribution in [0.1, 0.15) is 83.8 Å². The lowest BCUT2D eigenvalue weighted by Gasteiger charge is -2.49. The molecule has 1 heterocycles. The van der Waals surface area contributed by atoms with Crippen LogP contribution in [0.3, 0.4) is 0 Å². The molecule has 2 aromatic rings. The van der Waals surface area contributed by atoms with E-state index in [2.05, 4.69) is 43.6 Å². The molecule has 44 heavy (non-hydrogen) atoms. The summed E-state index contributed by atoms with van der Waals surface area (Å²) < 4.78 is 13.2. The van der Waals surface area contributed by atoms with Gasteiger partial charge in [0.2, 0.25) is 0 Å². The predicted molar refractivity (Wildman–Crippen MR) is 173 cm³/mol. The number of allylic oxidation sites excluding steroid dienone is 4. The van der Waals surface area contributed by atoms with E-state index in [1.165, 1.54) is 0 Å². The van der Waals surface area contributed by atoms with E-state index in [-0.39, 0.29) is 42.0 Å². The zero-order chi connectivity index (χ0) is 32.0. The van der Waals surface area contributed by atoms with Crippen LogP contribution in [-0.2, 0) is 21.0 Å². The molecule has 0 unspecified atom stereocenters. The van der Waals surface area contributed by atoms with Gasteiger partial charge in [0, 0.05) is 52.3 Å². The van der Waals surface area contributed by atoms with Crippen LogP contribution in [0.15, 0.2) is 63.4 Å². The van der Waals surface area contributed by atoms with E-state index in [0.717, 1.165) is 21.4 Å². The number of aliphatic carboxylic acids is 1. The molecule has 1 N–H and O–H groups in total. The minimum atomic E-state index is -0.925. The van der Waals surface area contributed by atoms with E-state index in [1.807, 2.05) is 42.2 Å². The first kappa shape index (κ1) is 32.3. The fraction of sp³-hybridized carbons (Fsp3) is 0.457. The Bertz CT molecular complexity index is 1520. The van der Waals surface area contributed by atoms with Gasteiger partial charge in [-0.15, -0.1) is 0 Å². The first-order chi connectivity index (χ1) is 20.7. The Hall–Kier alpha value is -3.10. The van der Waals surface area contributed by atoms with Crippen molar-refractivity contribution in [2.24, 2.45) is 10.8 Å². The molecule has 1 aliphatic heterocycles. The van der Waals surface area contributed by atoms with Crippen LogP contribution in [0.2, 0.25) is 5.02 Å². The van der Waals surface area contributed by atoms with Gasteiger partial charge >= 0.3 is 5.97 Å². The van der Waals surface area contributed by atoms with E-state index in [9.17, 15) is 19.5 Å². The van der Waals surface area contributed by atoms with E-state index < -0.39 is 11.9 Å². The molecule has 0 fully saturated rings. The second kappa shape index (κ2) is 12.4. The van der Waals surface area contributed by atoms with Gasteiger partial charge in [-0.1, -0.05) is 67.4 Å². The van der Waals surface area contributed by atoms with E-state index in [0.29, 0.717) is 65.5 Å². The monoisotopic (exact) mass is 683 g/mol. The number of halogens is 2. The van der Waals surface area contributed by atoms with Gasteiger partial charge in [-0.05, 0) is 66.0 Å². The number of benzene rings is 2. The number of carboxylic acid groups (broad SMARTS) is 1. The van der Waals surface area contributed by atoms with Gasteiger partial charge < -0.3 is 19.5 Å². The summed E-state index contributed by atoms with van der Waals surface area (Å²) in [5.74, 6) is -0.783. The number of ketones is 2. The third-order valence-corrected chi connectivity index (χ3v) is 9.34. The van der Waals surface area contributed by atoms with Crippen molar-refractivity contribution in [3.63, 3.8) is 0 Å². The highest BCUT2D eigenvalue weighted by Crippen LogP contribution is 2.55. The quantitative estimate of drug-likeness (QED) is 0.284. The van der Waals surface area contributed by atoms with Crippen molar-refractivity contribution in [1.29, 1.82) is 0 Å². The molecular weight excluding hydrogens is 646 g/mol. The Balaban J connectivity index is 1.67. The van der Waals surface area contributed by atoms with Crippen LogP contribution < -0.4 is 9.47 Å². The first-order valence-electron chi connectivity index (χ1n) is 15.0. The van der Waals surface area contributed by atoms with Gasteiger partial charge in [-0.3, -0.25) is 14.4 Å². The normalized spacial score (nSPS) is 19.6. The smallest absolute Gasteiger partial charge is 0.305 e. The minimum Gasteiger partial charge on any atom is -0.490 e. The van der Waals surface area contributed by atoms with Crippen LogP contribution >= 0.6 is 27.5 Å². The highest BCUT2D eigenvalue weighted by atomic mass is 79.9. The predicted octanol–water partition coefficient (Wildman–Crippen LogP) is 8.24. The molecule has 9 heteroatoms. The number of ether oxygens (including phenoxy) is 2. The lowest BCUT2D eigenvalue weighted by molar-refractivity contribution is -0.137. The van der Waals surface area contributed by atoms with Gasteiger partial charge in [-0.25, -0.2) is 0 Å². The van der Waals surface area contributed by atoms with Gasteiger partial charge in [-0.2, -0.15) is 0 Å². The number of carbonyl (C=O) groups excluding carboxylic acids is 2. The van der Waals surface area contributed by atoms with E-state index in [4.69, 9.17) is 21.1 Å². The number of carbonyl (C=O) groups is 3. The zero-order valence-electron chi connectivity index (χ0n) is 25.9. The maximum absolute atomic E-state index is 14.0. The molecule has 2 aromatic carbocycles. The molecule has 0 spiro atoms. The van der Waals surface area contributed by atoms with Crippen molar-refractivity contribution in [2.75, 3.05) is 13.2 Å². The Morgan fingerprint density at radius 3 is 2.05 bits per heavy atom. The van der Waals surface area contributed by atoms with Gasteiger partial charge in [0.1, 0.15) is 6.61 Å². The average molecular weight is 685 g/mol. The standard InChI is InChI=1S/C35H39BrClNO6/c1-6-43-28-14-21(13-23(37)33(28)44-19-20-7-9-22(36)10-8-20)30-31-24(15-34(2,3)17-26(31)39)38(12-11-29(41)42)25-16-35(4,5)18-27(40)32(25)30/h7-10,13-14,30H,6,11-12,15-19H2,1-5H3,(H,41,42). The van der Waals surface area contributed by atoms with E-state index in [1.54, 1.807) is 6.07 Å². The summed E-state index contributed by atoms with van der Waals surface area (Å²) in [4.78, 5) is 41.8. The molecule has 7 nitrogen and oxygen atoms in total. The fourth-order valence-corrected chi connectivity index (χ4v) is 7.29. The maximum atomic E-state index is 14.0. The van der Waals surface area contributed by atoms with Crippen LogP contribution in [0.4, 0.5) is 0 Å². The Morgan fingerprint density at radius 1 is 0.955 bits per heavy atom. The molecule has 0 bridgehead atoms. The summed E-state index contributed by atoms with van der Waals surface area (Å²) in [6.45, 7) is 10.9.